The van der Waals surface area contributed by atoms with Gasteiger partial charge in [-0.2, -0.15) is 4.98 Å². The van der Waals surface area contributed by atoms with Crippen molar-refractivity contribution in [3.05, 3.63) is 27.4 Å². The van der Waals surface area contributed by atoms with Gasteiger partial charge < -0.3 is 10.1 Å². The average Bonchev–Trinajstić information content (AvgIpc) is 2.15. The van der Waals surface area contributed by atoms with Crippen LogP contribution in [0.15, 0.2) is 4.79 Å². The van der Waals surface area contributed by atoms with Gasteiger partial charge in [0.1, 0.15) is 0 Å². The number of fused-ring (bicyclic) bond motifs is 1. The van der Waals surface area contributed by atoms with Crippen LogP contribution in [0.3, 0.4) is 0 Å². The number of nitrogens with zero attached hydrogens (tertiary/aromatic N) is 1. The quantitative estimate of drug-likeness (QED) is 0.728. The molecule has 1 aliphatic carbocycles. The smallest absolute Gasteiger partial charge is 0.345 e. The van der Waals surface area contributed by atoms with Gasteiger partial charge in [0.05, 0.1) is 17.7 Å². The van der Waals surface area contributed by atoms with E-state index >= 15 is 0 Å². The molecule has 0 unspecified atom stereocenters. The molecule has 1 aromatic heterocycles. The number of nitrogens with one attached hydrogen (secondary N) is 1. The van der Waals surface area contributed by atoms with Crippen molar-refractivity contribution in [3.63, 3.8) is 0 Å². The number of carboxylic acids is 1. The second kappa shape index (κ2) is 3.88. The molecule has 0 bridgehead atoms. The second-order valence-electron chi connectivity index (χ2n) is 3.69. The van der Waals surface area contributed by atoms with Gasteiger partial charge in [0.25, 0.3) is 0 Å². The van der Waals surface area contributed by atoms with E-state index in [-0.39, 0.29) is 11.5 Å². The lowest BCUT2D eigenvalue weighted by Crippen LogP contribution is -2.25. The molecular weight excluding hydrogens is 212 g/mol. The summed E-state index contributed by atoms with van der Waals surface area (Å²) < 4.78 is 0. The number of aliphatic carboxylic acids is 1. The van der Waals surface area contributed by atoms with E-state index in [2.05, 4.69) is 9.97 Å². The van der Waals surface area contributed by atoms with Crippen LogP contribution in [-0.2, 0) is 17.6 Å². The average molecular weight is 222 g/mol. The molecule has 1 aromatic rings. The van der Waals surface area contributed by atoms with Crippen LogP contribution in [0.1, 0.15) is 34.6 Å². The minimum atomic E-state index is -1.10. The Morgan fingerprint density at radius 3 is 2.81 bits per heavy atom. The highest BCUT2D eigenvalue weighted by Gasteiger charge is 2.23. The van der Waals surface area contributed by atoms with Gasteiger partial charge in [-0.1, -0.05) is 0 Å². The summed E-state index contributed by atoms with van der Waals surface area (Å²) in [5, 5.41) is 8.68. The van der Waals surface area contributed by atoms with E-state index in [1.165, 1.54) is 0 Å². The van der Waals surface area contributed by atoms with Crippen molar-refractivity contribution in [2.75, 3.05) is 0 Å². The summed E-state index contributed by atoms with van der Waals surface area (Å²) in [4.78, 5) is 39.5. The van der Waals surface area contributed by atoms with Crippen LogP contribution in [0.2, 0.25) is 0 Å². The third-order valence-electron chi connectivity index (χ3n) is 2.51. The number of rotatable bonds is 2. The summed E-state index contributed by atoms with van der Waals surface area (Å²) in [7, 11) is 0. The molecule has 1 aliphatic rings. The van der Waals surface area contributed by atoms with E-state index < -0.39 is 18.1 Å². The summed E-state index contributed by atoms with van der Waals surface area (Å²) in [6, 6.07) is 0. The molecule has 84 valence electrons. The van der Waals surface area contributed by atoms with Crippen LogP contribution in [0.5, 0.6) is 0 Å². The Balaban J connectivity index is 2.58. The highest BCUT2D eigenvalue weighted by Crippen LogP contribution is 2.20. The normalized spacial score (nSPS) is 14.6. The highest BCUT2D eigenvalue weighted by molar-refractivity contribution is 5.99. The molecule has 2 N–H and O–H groups in total. The SMILES string of the molecule is O=C(O)Cc1nc(=O)[nH]c2c1C(=O)CCC2. The molecule has 0 amide bonds. The van der Waals surface area contributed by atoms with Crippen LogP contribution >= 0.6 is 0 Å². The first-order valence-corrected chi connectivity index (χ1v) is 4.95. The zero-order chi connectivity index (χ0) is 11.7. The fourth-order valence-electron chi connectivity index (χ4n) is 1.91. The van der Waals surface area contributed by atoms with Gasteiger partial charge in [-0.15, -0.1) is 0 Å². The maximum absolute atomic E-state index is 11.6. The van der Waals surface area contributed by atoms with Crippen LogP contribution in [0.25, 0.3) is 0 Å². The number of H-pyrrole nitrogens is 1. The Kier molecular flexibility index (Phi) is 2.55. The summed E-state index contributed by atoms with van der Waals surface area (Å²) in [5.74, 6) is -1.24. The molecule has 0 atom stereocenters. The molecular formula is C10H10N2O4. The number of aromatic amines is 1. The first kappa shape index (κ1) is 10.5. The molecule has 1 heterocycles. The lowest BCUT2D eigenvalue weighted by molar-refractivity contribution is -0.136. The molecule has 2 rings (SSSR count). The minimum absolute atomic E-state index is 0.0796. The summed E-state index contributed by atoms with van der Waals surface area (Å²) in [6.07, 6.45) is 1.26. The Labute approximate surface area is 90.3 Å². The molecule has 0 aromatic carbocycles. The lowest BCUT2D eigenvalue weighted by atomic mass is 9.92. The van der Waals surface area contributed by atoms with Crippen molar-refractivity contribution in [1.82, 2.24) is 9.97 Å². The number of Topliss-reactive ketones (excluding diaryl/α,β-unsaturated/α-hetero) is 1. The van der Waals surface area contributed by atoms with Crippen molar-refractivity contribution in [1.29, 1.82) is 0 Å². The number of ketones is 1. The van der Waals surface area contributed by atoms with Crippen molar-refractivity contribution in [2.45, 2.75) is 25.7 Å². The van der Waals surface area contributed by atoms with E-state index in [0.717, 1.165) is 0 Å². The fourth-order valence-corrected chi connectivity index (χ4v) is 1.91. The first-order valence-electron chi connectivity index (χ1n) is 4.95. The Hall–Kier alpha value is -1.98. The molecule has 16 heavy (non-hydrogen) atoms. The van der Waals surface area contributed by atoms with Crippen molar-refractivity contribution in [3.8, 4) is 0 Å². The topological polar surface area (TPSA) is 100 Å². The summed E-state index contributed by atoms with van der Waals surface area (Å²) in [5.41, 5.74) is 0.307. The molecule has 0 radical (unpaired) electrons. The van der Waals surface area contributed by atoms with Crippen LogP contribution in [0.4, 0.5) is 0 Å². The standard InChI is InChI=1S/C10H10N2O4/c13-7-3-1-2-5-9(7)6(4-8(14)15)12-10(16)11-5/h1-4H2,(H,14,15)(H,11,12,16). The van der Waals surface area contributed by atoms with Crippen molar-refractivity contribution in [2.24, 2.45) is 0 Å². The van der Waals surface area contributed by atoms with Gasteiger partial charge >= 0.3 is 11.7 Å². The van der Waals surface area contributed by atoms with E-state index in [4.69, 9.17) is 5.11 Å². The maximum atomic E-state index is 11.6. The maximum Gasteiger partial charge on any atom is 0.345 e. The van der Waals surface area contributed by atoms with Crippen LogP contribution < -0.4 is 5.69 Å². The number of hydrogen-bond donors (Lipinski definition) is 2. The number of carbonyl (C=O) groups is 2. The van der Waals surface area contributed by atoms with E-state index in [9.17, 15) is 14.4 Å². The summed E-state index contributed by atoms with van der Waals surface area (Å²) in [6.45, 7) is 0. The third-order valence-corrected chi connectivity index (χ3v) is 2.51. The number of aromatic nitrogens is 2. The molecule has 6 nitrogen and oxygen atoms in total. The number of aryl methyl sites for hydroxylation is 1. The molecule has 0 saturated carbocycles. The molecule has 6 heteroatoms. The van der Waals surface area contributed by atoms with Gasteiger partial charge in [0.15, 0.2) is 5.78 Å². The highest BCUT2D eigenvalue weighted by atomic mass is 16.4. The number of carbonyl (C=O) groups excluding carboxylic acids is 1. The van der Waals surface area contributed by atoms with Crippen LogP contribution in [0, 0.1) is 0 Å². The third kappa shape index (κ3) is 1.86. The fraction of sp³-hybridized carbons (Fsp3) is 0.400. The van der Waals surface area contributed by atoms with Crippen LogP contribution in [-0.4, -0.2) is 26.8 Å². The van der Waals surface area contributed by atoms with E-state index in [1.54, 1.807) is 0 Å². The van der Waals surface area contributed by atoms with Gasteiger partial charge in [-0.05, 0) is 12.8 Å². The lowest BCUT2D eigenvalue weighted by Gasteiger charge is -2.15. The van der Waals surface area contributed by atoms with Gasteiger partial charge in [0.2, 0.25) is 0 Å². The second-order valence-corrected chi connectivity index (χ2v) is 3.69. The molecule has 0 aliphatic heterocycles. The Morgan fingerprint density at radius 2 is 2.12 bits per heavy atom. The van der Waals surface area contributed by atoms with Crippen molar-refractivity contribution >= 4 is 11.8 Å². The van der Waals surface area contributed by atoms with Gasteiger partial charge in [-0.3, -0.25) is 9.59 Å². The molecule has 0 spiro atoms. The van der Waals surface area contributed by atoms with Gasteiger partial charge in [-0.25, -0.2) is 4.79 Å². The monoisotopic (exact) mass is 222 g/mol. The minimum Gasteiger partial charge on any atom is -0.481 e. The van der Waals surface area contributed by atoms with Gasteiger partial charge in [0, 0.05) is 12.1 Å². The van der Waals surface area contributed by atoms with E-state index in [0.29, 0.717) is 30.5 Å². The van der Waals surface area contributed by atoms with E-state index in [1.807, 2.05) is 0 Å². The molecule has 0 saturated heterocycles. The predicted molar refractivity (Wildman–Crippen MR) is 53.5 cm³/mol. The molecule has 0 fully saturated rings. The number of carboxylic acid groups (broad SMARTS) is 1. The Bertz CT molecular complexity index is 518. The zero-order valence-electron chi connectivity index (χ0n) is 8.45. The zero-order valence-corrected chi connectivity index (χ0v) is 8.45. The summed E-state index contributed by atoms with van der Waals surface area (Å²) >= 11 is 0. The largest absolute Gasteiger partial charge is 0.481 e. The number of hydrogen-bond acceptors (Lipinski definition) is 4. The predicted octanol–water partition coefficient (Wildman–Crippen LogP) is -0.0840. The Morgan fingerprint density at radius 1 is 1.38 bits per heavy atom. The van der Waals surface area contributed by atoms with Crippen molar-refractivity contribution < 1.29 is 14.7 Å². The first-order chi connectivity index (χ1) is 7.58.